The summed E-state index contributed by atoms with van der Waals surface area (Å²) in [5.41, 5.74) is 0.794. The normalized spacial score (nSPS) is 18.0. The van der Waals surface area contributed by atoms with Gasteiger partial charge in [0.15, 0.2) is 0 Å². The summed E-state index contributed by atoms with van der Waals surface area (Å²) >= 11 is 0. The minimum absolute atomic E-state index is 0.0185. The van der Waals surface area contributed by atoms with Crippen LogP contribution in [0.25, 0.3) is 0 Å². The second-order valence-corrected chi connectivity index (χ2v) is 5.20. The summed E-state index contributed by atoms with van der Waals surface area (Å²) in [5.74, 6) is 0.718. The topological polar surface area (TPSA) is 67.9 Å². The van der Waals surface area contributed by atoms with Crippen molar-refractivity contribution in [2.75, 3.05) is 18.6 Å². The average molecular weight is 292 g/mol. The van der Waals surface area contributed by atoms with Crippen molar-refractivity contribution in [2.45, 2.75) is 32.4 Å². The molecule has 1 heterocycles. The number of nitrogens with one attached hydrogen (secondary N) is 1. The Labute approximate surface area is 124 Å². The van der Waals surface area contributed by atoms with Crippen LogP contribution in [0, 0.1) is 0 Å². The maximum atomic E-state index is 12.0. The van der Waals surface area contributed by atoms with Gasteiger partial charge in [-0.2, -0.15) is 0 Å². The smallest absolute Gasteiger partial charge is 0.407 e. The number of anilines is 1. The van der Waals surface area contributed by atoms with Crippen LogP contribution in [0.15, 0.2) is 24.3 Å². The molecule has 0 aliphatic carbocycles. The number of nitrogens with zero attached hydrogens (tertiary/aromatic N) is 1. The van der Waals surface area contributed by atoms with E-state index in [1.54, 1.807) is 38.0 Å². The lowest BCUT2D eigenvalue weighted by Crippen LogP contribution is -2.38. The first-order valence-corrected chi connectivity index (χ1v) is 6.91. The number of hydrogen-bond donors (Lipinski definition) is 1. The molecule has 1 atom stereocenters. The van der Waals surface area contributed by atoms with Gasteiger partial charge in [0.25, 0.3) is 0 Å². The van der Waals surface area contributed by atoms with Gasteiger partial charge in [0, 0.05) is 18.7 Å². The highest BCUT2D eigenvalue weighted by molar-refractivity contribution is 5.96. The Morgan fingerprint density at radius 1 is 1.33 bits per heavy atom. The predicted molar refractivity (Wildman–Crippen MR) is 78.5 cm³/mol. The highest BCUT2D eigenvalue weighted by atomic mass is 16.6. The van der Waals surface area contributed by atoms with Crippen LogP contribution in [0.1, 0.15) is 20.3 Å². The monoisotopic (exact) mass is 292 g/mol. The summed E-state index contributed by atoms with van der Waals surface area (Å²) in [6, 6.07) is 7.02. The maximum Gasteiger partial charge on any atom is 0.407 e. The van der Waals surface area contributed by atoms with Crippen LogP contribution in [0.4, 0.5) is 10.5 Å². The molecule has 0 bridgehead atoms. The van der Waals surface area contributed by atoms with Crippen molar-refractivity contribution in [3.8, 4) is 5.75 Å². The zero-order valence-corrected chi connectivity index (χ0v) is 12.5. The standard InChI is InChI=1S/C15H20N2O4/c1-10(2)21-15(19)16-11-8-14(18)17(9-11)12-4-6-13(20-3)7-5-12/h4-7,10-11H,8-9H2,1-3H3,(H,16,19). The van der Waals surface area contributed by atoms with E-state index in [0.717, 1.165) is 11.4 Å². The van der Waals surface area contributed by atoms with Gasteiger partial charge in [-0.15, -0.1) is 0 Å². The third-order valence-corrected chi connectivity index (χ3v) is 3.17. The third kappa shape index (κ3) is 3.87. The first kappa shape index (κ1) is 15.2. The average Bonchev–Trinajstić information content (AvgIpc) is 2.78. The van der Waals surface area contributed by atoms with E-state index in [0.29, 0.717) is 6.54 Å². The Hall–Kier alpha value is -2.24. The minimum Gasteiger partial charge on any atom is -0.497 e. The van der Waals surface area contributed by atoms with E-state index in [1.807, 2.05) is 12.1 Å². The van der Waals surface area contributed by atoms with Crippen LogP contribution in [0.3, 0.4) is 0 Å². The molecule has 1 aromatic carbocycles. The first-order chi connectivity index (χ1) is 9.99. The largest absolute Gasteiger partial charge is 0.497 e. The molecular formula is C15H20N2O4. The molecule has 1 aliphatic rings. The lowest BCUT2D eigenvalue weighted by atomic mass is 10.2. The number of hydrogen-bond acceptors (Lipinski definition) is 4. The molecule has 1 aliphatic heterocycles. The summed E-state index contributed by atoms with van der Waals surface area (Å²) in [4.78, 5) is 25.3. The molecule has 1 aromatic rings. The Morgan fingerprint density at radius 3 is 2.57 bits per heavy atom. The van der Waals surface area contributed by atoms with Gasteiger partial charge in [0.1, 0.15) is 5.75 Å². The lowest BCUT2D eigenvalue weighted by molar-refractivity contribution is -0.117. The van der Waals surface area contributed by atoms with Gasteiger partial charge in [0.05, 0.1) is 19.3 Å². The quantitative estimate of drug-likeness (QED) is 0.921. The van der Waals surface area contributed by atoms with Gasteiger partial charge in [-0.05, 0) is 38.1 Å². The highest BCUT2D eigenvalue weighted by Gasteiger charge is 2.32. The zero-order valence-electron chi connectivity index (χ0n) is 12.5. The SMILES string of the molecule is COc1ccc(N2CC(NC(=O)OC(C)C)CC2=O)cc1. The summed E-state index contributed by atoms with van der Waals surface area (Å²) in [6.45, 7) is 4.00. The van der Waals surface area contributed by atoms with Crippen molar-refractivity contribution < 1.29 is 19.1 Å². The van der Waals surface area contributed by atoms with Crippen LogP contribution in [0.2, 0.25) is 0 Å². The van der Waals surface area contributed by atoms with Crippen molar-refractivity contribution in [2.24, 2.45) is 0 Å². The predicted octanol–water partition coefficient (Wildman–Crippen LogP) is 1.94. The van der Waals surface area contributed by atoms with Crippen molar-refractivity contribution in [1.82, 2.24) is 5.32 Å². The number of carbonyl (C=O) groups excluding carboxylic acids is 2. The van der Waals surface area contributed by atoms with Gasteiger partial charge in [-0.3, -0.25) is 4.79 Å². The first-order valence-electron chi connectivity index (χ1n) is 6.91. The summed E-state index contributed by atoms with van der Waals surface area (Å²) in [6.07, 6.45) is -0.390. The fourth-order valence-electron chi connectivity index (χ4n) is 2.23. The van der Waals surface area contributed by atoms with E-state index in [2.05, 4.69) is 5.32 Å². The van der Waals surface area contributed by atoms with Crippen molar-refractivity contribution >= 4 is 17.7 Å². The number of alkyl carbamates (subject to hydrolysis) is 1. The van der Waals surface area contributed by atoms with E-state index in [-0.39, 0.29) is 24.5 Å². The molecule has 6 nitrogen and oxygen atoms in total. The number of benzene rings is 1. The fraction of sp³-hybridized carbons (Fsp3) is 0.467. The molecule has 21 heavy (non-hydrogen) atoms. The van der Waals surface area contributed by atoms with Gasteiger partial charge in [-0.1, -0.05) is 0 Å². The minimum atomic E-state index is -0.487. The molecule has 1 unspecified atom stereocenters. The van der Waals surface area contributed by atoms with E-state index in [4.69, 9.17) is 9.47 Å². The van der Waals surface area contributed by atoms with Gasteiger partial charge < -0.3 is 19.7 Å². The Bertz CT molecular complexity index is 513. The summed E-state index contributed by atoms with van der Waals surface area (Å²) in [7, 11) is 1.59. The van der Waals surface area contributed by atoms with Crippen LogP contribution in [0.5, 0.6) is 5.75 Å². The number of methoxy groups -OCH3 is 1. The summed E-state index contributed by atoms with van der Waals surface area (Å²) in [5, 5.41) is 2.71. The molecule has 1 N–H and O–H groups in total. The number of ether oxygens (including phenoxy) is 2. The molecule has 6 heteroatoms. The maximum absolute atomic E-state index is 12.0. The van der Waals surface area contributed by atoms with Gasteiger partial charge >= 0.3 is 6.09 Å². The molecule has 0 saturated carbocycles. The molecule has 2 amide bonds. The second-order valence-electron chi connectivity index (χ2n) is 5.20. The molecule has 0 spiro atoms. The number of rotatable bonds is 4. The van der Waals surface area contributed by atoms with Crippen LogP contribution in [-0.2, 0) is 9.53 Å². The highest BCUT2D eigenvalue weighted by Crippen LogP contribution is 2.24. The van der Waals surface area contributed by atoms with Crippen LogP contribution in [-0.4, -0.2) is 37.8 Å². The Kier molecular flexibility index (Phi) is 4.67. The van der Waals surface area contributed by atoms with Crippen molar-refractivity contribution in [1.29, 1.82) is 0 Å². The lowest BCUT2D eigenvalue weighted by Gasteiger charge is -2.18. The van der Waals surface area contributed by atoms with Crippen molar-refractivity contribution in [3.05, 3.63) is 24.3 Å². The number of carbonyl (C=O) groups is 2. The van der Waals surface area contributed by atoms with E-state index in [9.17, 15) is 9.59 Å². The van der Waals surface area contributed by atoms with Gasteiger partial charge in [-0.25, -0.2) is 4.79 Å². The zero-order chi connectivity index (χ0) is 15.4. The molecule has 0 radical (unpaired) electrons. The molecule has 114 valence electrons. The van der Waals surface area contributed by atoms with Crippen LogP contribution >= 0.6 is 0 Å². The summed E-state index contributed by atoms with van der Waals surface area (Å²) < 4.78 is 10.1. The number of amides is 2. The Balaban J connectivity index is 1.97. The van der Waals surface area contributed by atoms with E-state index in [1.165, 1.54) is 0 Å². The molecular weight excluding hydrogens is 272 g/mol. The molecule has 0 aromatic heterocycles. The molecule has 1 saturated heterocycles. The molecule has 2 rings (SSSR count). The second kappa shape index (κ2) is 6.47. The van der Waals surface area contributed by atoms with Gasteiger partial charge in [0.2, 0.25) is 5.91 Å². The van der Waals surface area contributed by atoms with Crippen LogP contribution < -0.4 is 15.0 Å². The third-order valence-electron chi connectivity index (χ3n) is 3.17. The fourth-order valence-corrected chi connectivity index (χ4v) is 2.23. The van der Waals surface area contributed by atoms with E-state index < -0.39 is 6.09 Å². The van der Waals surface area contributed by atoms with Crippen molar-refractivity contribution in [3.63, 3.8) is 0 Å². The van der Waals surface area contributed by atoms with E-state index >= 15 is 0 Å². The molecule has 1 fully saturated rings. The Morgan fingerprint density at radius 2 is 2.00 bits per heavy atom.